The Morgan fingerprint density at radius 3 is 2.61 bits per heavy atom. The molecule has 0 saturated heterocycles. The first-order valence-corrected chi connectivity index (χ1v) is 8.36. The van der Waals surface area contributed by atoms with Crippen molar-refractivity contribution in [1.82, 2.24) is 4.90 Å². The maximum atomic E-state index is 10.3. The average molecular weight is 311 g/mol. The zero-order chi connectivity index (χ0) is 16.1. The Hall–Kier alpha value is -1.84. The highest BCUT2D eigenvalue weighted by Gasteiger charge is 2.30. The van der Waals surface area contributed by atoms with Crippen LogP contribution in [0, 0.1) is 6.92 Å². The number of aliphatic hydroxyl groups is 1. The van der Waals surface area contributed by atoms with Crippen molar-refractivity contribution in [3.05, 3.63) is 65.7 Å². The standard InChI is InChI=1S/C20H25NO2/c1-16-6-5-7-17(12-16)13-21(18-10-11-18)14-19(22)15-23-20-8-3-2-4-9-20/h2-9,12,18-19,22H,10-11,13-15H2,1H3. The van der Waals surface area contributed by atoms with Gasteiger partial charge in [-0.3, -0.25) is 4.90 Å². The van der Waals surface area contributed by atoms with Crippen LogP contribution in [-0.4, -0.2) is 35.3 Å². The van der Waals surface area contributed by atoms with Crippen LogP contribution in [0.25, 0.3) is 0 Å². The second-order valence-electron chi connectivity index (χ2n) is 6.43. The van der Waals surface area contributed by atoms with Crippen LogP contribution in [-0.2, 0) is 6.54 Å². The van der Waals surface area contributed by atoms with Crippen LogP contribution >= 0.6 is 0 Å². The lowest BCUT2D eigenvalue weighted by molar-refractivity contribution is 0.0626. The van der Waals surface area contributed by atoms with Crippen molar-refractivity contribution in [3.8, 4) is 5.75 Å². The molecule has 0 amide bonds. The van der Waals surface area contributed by atoms with Gasteiger partial charge in [0, 0.05) is 19.1 Å². The minimum Gasteiger partial charge on any atom is -0.491 e. The van der Waals surface area contributed by atoms with Gasteiger partial charge in [-0.1, -0.05) is 48.0 Å². The summed E-state index contributed by atoms with van der Waals surface area (Å²) < 4.78 is 5.66. The van der Waals surface area contributed by atoms with E-state index < -0.39 is 6.10 Å². The fourth-order valence-corrected chi connectivity index (χ4v) is 2.86. The minimum absolute atomic E-state index is 0.334. The number of aliphatic hydroxyl groups excluding tert-OH is 1. The van der Waals surface area contributed by atoms with E-state index in [2.05, 4.69) is 36.1 Å². The van der Waals surface area contributed by atoms with Crippen LogP contribution in [0.3, 0.4) is 0 Å². The van der Waals surface area contributed by atoms with E-state index in [-0.39, 0.29) is 0 Å². The average Bonchev–Trinajstić information content (AvgIpc) is 3.38. The van der Waals surface area contributed by atoms with Gasteiger partial charge in [0.15, 0.2) is 0 Å². The van der Waals surface area contributed by atoms with Crippen molar-refractivity contribution in [2.45, 2.75) is 38.5 Å². The number of nitrogens with zero attached hydrogens (tertiary/aromatic N) is 1. The molecule has 1 saturated carbocycles. The first kappa shape index (κ1) is 16.0. The maximum absolute atomic E-state index is 10.3. The molecule has 1 unspecified atom stereocenters. The Balaban J connectivity index is 1.52. The highest BCUT2D eigenvalue weighted by atomic mass is 16.5. The van der Waals surface area contributed by atoms with Crippen molar-refractivity contribution < 1.29 is 9.84 Å². The number of rotatable bonds is 8. The third-order valence-corrected chi connectivity index (χ3v) is 4.16. The van der Waals surface area contributed by atoms with Crippen molar-refractivity contribution in [1.29, 1.82) is 0 Å². The molecule has 1 fully saturated rings. The topological polar surface area (TPSA) is 32.7 Å². The normalized spacial score (nSPS) is 15.6. The van der Waals surface area contributed by atoms with Crippen LogP contribution in [0.15, 0.2) is 54.6 Å². The van der Waals surface area contributed by atoms with Crippen LogP contribution in [0.4, 0.5) is 0 Å². The lowest BCUT2D eigenvalue weighted by atomic mass is 10.1. The largest absolute Gasteiger partial charge is 0.491 e. The molecule has 0 aromatic heterocycles. The summed E-state index contributed by atoms with van der Waals surface area (Å²) in [6.07, 6.45) is 2.00. The molecule has 3 heteroatoms. The maximum Gasteiger partial charge on any atom is 0.119 e. The van der Waals surface area contributed by atoms with Crippen LogP contribution in [0.2, 0.25) is 0 Å². The Morgan fingerprint density at radius 2 is 1.91 bits per heavy atom. The molecule has 122 valence electrons. The van der Waals surface area contributed by atoms with Crippen molar-refractivity contribution in [3.63, 3.8) is 0 Å². The second-order valence-corrected chi connectivity index (χ2v) is 6.43. The number of para-hydroxylation sites is 1. The van der Waals surface area contributed by atoms with Gasteiger partial charge >= 0.3 is 0 Å². The summed E-state index contributed by atoms with van der Waals surface area (Å²) >= 11 is 0. The molecule has 3 rings (SSSR count). The quantitative estimate of drug-likeness (QED) is 0.811. The summed E-state index contributed by atoms with van der Waals surface area (Å²) in [4.78, 5) is 2.38. The van der Waals surface area contributed by atoms with Gasteiger partial charge < -0.3 is 9.84 Å². The first-order valence-electron chi connectivity index (χ1n) is 8.36. The fourth-order valence-electron chi connectivity index (χ4n) is 2.86. The summed E-state index contributed by atoms with van der Waals surface area (Å²) in [6, 6.07) is 18.9. The summed E-state index contributed by atoms with van der Waals surface area (Å²) in [6.45, 7) is 4.01. The summed E-state index contributed by atoms with van der Waals surface area (Å²) in [5.74, 6) is 0.809. The zero-order valence-corrected chi connectivity index (χ0v) is 13.7. The number of benzene rings is 2. The second kappa shape index (κ2) is 7.62. The van der Waals surface area contributed by atoms with Gasteiger partial charge in [0.05, 0.1) is 0 Å². The molecule has 1 aliphatic carbocycles. The van der Waals surface area contributed by atoms with Gasteiger partial charge in [0.1, 0.15) is 18.5 Å². The lowest BCUT2D eigenvalue weighted by Crippen LogP contribution is -2.36. The minimum atomic E-state index is -0.472. The molecule has 2 aromatic rings. The molecular formula is C20H25NO2. The Kier molecular flexibility index (Phi) is 5.31. The molecule has 1 N–H and O–H groups in total. The van der Waals surface area contributed by atoms with Gasteiger partial charge in [0.2, 0.25) is 0 Å². The van der Waals surface area contributed by atoms with E-state index in [0.29, 0.717) is 19.2 Å². The smallest absolute Gasteiger partial charge is 0.119 e. The van der Waals surface area contributed by atoms with E-state index in [1.165, 1.54) is 24.0 Å². The van der Waals surface area contributed by atoms with Gasteiger partial charge in [-0.2, -0.15) is 0 Å². The molecule has 0 radical (unpaired) electrons. The molecule has 0 heterocycles. The summed E-state index contributed by atoms with van der Waals surface area (Å²) in [5.41, 5.74) is 2.60. The van der Waals surface area contributed by atoms with Gasteiger partial charge in [0.25, 0.3) is 0 Å². The molecule has 23 heavy (non-hydrogen) atoms. The molecule has 1 atom stereocenters. The predicted molar refractivity (Wildman–Crippen MR) is 92.6 cm³/mol. The van der Waals surface area contributed by atoms with E-state index in [1.54, 1.807) is 0 Å². The Morgan fingerprint density at radius 1 is 1.13 bits per heavy atom. The number of ether oxygens (including phenoxy) is 1. The third-order valence-electron chi connectivity index (χ3n) is 4.16. The van der Waals surface area contributed by atoms with Crippen LogP contribution in [0.1, 0.15) is 24.0 Å². The molecule has 0 aliphatic heterocycles. The first-order chi connectivity index (χ1) is 11.2. The van der Waals surface area contributed by atoms with Crippen molar-refractivity contribution >= 4 is 0 Å². The van der Waals surface area contributed by atoms with Crippen molar-refractivity contribution in [2.24, 2.45) is 0 Å². The predicted octanol–water partition coefficient (Wildman–Crippen LogP) is 3.40. The molecule has 0 spiro atoms. The SMILES string of the molecule is Cc1cccc(CN(CC(O)COc2ccccc2)C2CC2)c1. The summed E-state index contributed by atoms with van der Waals surface area (Å²) in [7, 11) is 0. The Labute approximate surface area is 138 Å². The lowest BCUT2D eigenvalue weighted by Gasteiger charge is -2.25. The van der Waals surface area contributed by atoms with E-state index >= 15 is 0 Å². The van der Waals surface area contributed by atoms with E-state index in [4.69, 9.17) is 4.74 Å². The highest BCUT2D eigenvalue weighted by Crippen LogP contribution is 2.28. The fraction of sp³-hybridized carbons (Fsp3) is 0.400. The summed E-state index contributed by atoms with van der Waals surface area (Å²) in [5, 5.41) is 10.3. The molecule has 2 aromatic carbocycles. The molecule has 3 nitrogen and oxygen atoms in total. The van der Waals surface area contributed by atoms with E-state index in [0.717, 1.165) is 12.3 Å². The van der Waals surface area contributed by atoms with E-state index in [9.17, 15) is 5.11 Å². The number of aryl methyl sites for hydroxylation is 1. The number of hydrogen-bond donors (Lipinski definition) is 1. The van der Waals surface area contributed by atoms with Gasteiger partial charge in [-0.15, -0.1) is 0 Å². The van der Waals surface area contributed by atoms with Gasteiger partial charge in [-0.05, 0) is 37.5 Å². The van der Waals surface area contributed by atoms with E-state index in [1.807, 2.05) is 30.3 Å². The molecule has 1 aliphatic rings. The van der Waals surface area contributed by atoms with Crippen LogP contribution in [0.5, 0.6) is 5.75 Å². The monoisotopic (exact) mass is 311 g/mol. The Bertz CT molecular complexity index is 610. The zero-order valence-electron chi connectivity index (χ0n) is 13.7. The molecule has 0 bridgehead atoms. The number of hydrogen-bond acceptors (Lipinski definition) is 3. The molecular weight excluding hydrogens is 286 g/mol. The third kappa shape index (κ3) is 5.08. The van der Waals surface area contributed by atoms with Crippen LogP contribution < -0.4 is 4.74 Å². The van der Waals surface area contributed by atoms with Crippen molar-refractivity contribution in [2.75, 3.05) is 13.2 Å². The highest BCUT2D eigenvalue weighted by molar-refractivity contribution is 5.22. The van der Waals surface area contributed by atoms with Gasteiger partial charge in [-0.25, -0.2) is 0 Å².